The summed E-state index contributed by atoms with van der Waals surface area (Å²) in [6.07, 6.45) is -10.0. The molecule has 0 aliphatic carbocycles. The molecule has 22 heteroatoms. The van der Waals surface area contributed by atoms with Crippen LogP contribution in [0.4, 0.5) is 0 Å². The van der Waals surface area contributed by atoms with Gasteiger partial charge in [-0.05, 0) is 76.2 Å². The van der Waals surface area contributed by atoms with Crippen molar-refractivity contribution in [3.63, 3.8) is 0 Å². The van der Waals surface area contributed by atoms with Crippen LogP contribution in [-0.4, -0.2) is 154 Å². The van der Waals surface area contributed by atoms with Gasteiger partial charge >= 0.3 is 15.2 Å². The number of hydrogen-bond acceptors (Lipinski definition) is 20. The van der Waals surface area contributed by atoms with Crippen molar-refractivity contribution in [3.8, 4) is 0 Å². The second-order valence-electron chi connectivity index (χ2n) is 17.9. The second-order valence-corrected chi connectivity index (χ2v) is 22.5. The van der Waals surface area contributed by atoms with E-state index in [-0.39, 0.29) is 26.4 Å². The molecule has 1 unspecified atom stereocenters. The van der Waals surface area contributed by atoms with E-state index in [1.165, 1.54) is 7.11 Å². The lowest BCUT2D eigenvalue weighted by atomic mass is 9.99. The van der Waals surface area contributed by atoms with Crippen LogP contribution in [-0.2, 0) is 93.5 Å². The predicted octanol–water partition coefficient (Wildman–Crippen LogP) is 4.10. The molecule has 20 nitrogen and oxygen atoms in total. The van der Waals surface area contributed by atoms with Gasteiger partial charge in [0.1, 0.15) is 67.1 Å². The van der Waals surface area contributed by atoms with Crippen LogP contribution in [0, 0.1) is 0 Å². The minimum atomic E-state index is -4.50. The summed E-state index contributed by atoms with van der Waals surface area (Å²) in [5.74, 6) is -5.65. The standard InChI is InChI=1S/C36H60O20P2/c1-13-40-57(37,41-16-20-23-26(29(39-12)44-20)52-34(6,7)49-23)17-58(38,42-14-18-21-24(50-32(2,3)47-21)27-30(45-18)55-35(8,9)53-27)43-15-19-22-25(51-33(4,5)48-22)28-31(46-19)56-36(10,11)54-28/h18-31H,13-17H2,1-12H3/t18-,19-,20-,21+,22+,23-,24+,25+,26-,27-,28-,29-,30-,31-,57?/m1/s1. The molecule has 8 aliphatic rings. The Morgan fingerprint density at radius 3 is 1.17 bits per heavy atom. The first-order valence-electron chi connectivity index (χ1n) is 19.9. The van der Waals surface area contributed by atoms with Crippen molar-refractivity contribution in [2.45, 2.75) is 191 Å². The Hall–Kier alpha value is -0.260. The molecule has 0 bridgehead atoms. The van der Waals surface area contributed by atoms with E-state index in [0.29, 0.717) is 0 Å². The van der Waals surface area contributed by atoms with Gasteiger partial charge in [-0.15, -0.1) is 0 Å². The predicted molar refractivity (Wildman–Crippen MR) is 194 cm³/mol. The summed E-state index contributed by atoms with van der Waals surface area (Å²) in [7, 11) is -7.31. The quantitative estimate of drug-likeness (QED) is 0.226. The van der Waals surface area contributed by atoms with Crippen LogP contribution in [0.15, 0.2) is 0 Å². The Morgan fingerprint density at radius 2 is 0.759 bits per heavy atom. The number of methoxy groups -OCH3 is 1. The average Bonchev–Trinajstić information content (AvgIpc) is 3.91. The van der Waals surface area contributed by atoms with Crippen LogP contribution in [0.25, 0.3) is 0 Å². The molecule has 0 saturated carbocycles. The molecule has 8 heterocycles. The molecule has 0 N–H and O–H groups in total. The lowest BCUT2D eigenvalue weighted by Crippen LogP contribution is -2.56. The maximum atomic E-state index is 15.2. The lowest BCUT2D eigenvalue weighted by Gasteiger charge is -2.38. The zero-order chi connectivity index (χ0) is 41.8. The molecule has 334 valence electrons. The van der Waals surface area contributed by atoms with E-state index in [9.17, 15) is 4.57 Å². The van der Waals surface area contributed by atoms with Gasteiger partial charge in [-0.25, -0.2) is 0 Å². The molecule has 8 saturated heterocycles. The molecule has 8 rings (SSSR count). The van der Waals surface area contributed by atoms with Gasteiger partial charge in [0.25, 0.3) is 0 Å². The highest BCUT2D eigenvalue weighted by molar-refractivity contribution is 7.71. The first-order valence-corrected chi connectivity index (χ1v) is 23.4. The lowest BCUT2D eigenvalue weighted by molar-refractivity contribution is -0.241. The third kappa shape index (κ3) is 9.06. The molecule has 0 spiro atoms. The Balaban J connectivity index is 1.03. The van der Waals surface area contributed by atoms with Gasteiger partial charge in [-0.3, -0.25) is 9.13 Å². The molecule has 0 aromatic heterocycles. The Kier molecular flexibility index (Phi) is 11.8. The summed E-state index contributed by atoms with van der Waals surface area (Å²) in [6, 6.07) is 0. The van der Waals surface area contributed by atoms with Crippen LogP contribution in [0.1, 0.15) is 76.2 Å². The number of hydrogen-bond donors (Lipinski definition) is 0. The summed E-state index contributed by atoms with van der Waals surface area (Å²) < 4.78 is 140. The van der Waals surface area contributed by atoms with Gasteiger partial charge in [0, 0.05) is 7.11 Å². The van der Waals surface area contributed by atoms with Crippen molar-refractivity contribution in [1.82, 2.24) is 0 Å². The van der Waals surface area contributed by atoms with Crippen LogP contribution in [0.2, 0.25) is 0 Å². The van der Waals surface area contributed by atoms with Crippen molar-refractivity contribution in [2.75, 3.05) is 39.4 Å². The van der Waals surface area contributed by atoms with Crippen LogP contribution in [0.5, 0.6) is 0 Å². The molecular weight excluding hydrogens is 814 g/mol. The van der Waals surface area contributed by atoms with Gasteiger partial charge in [-0.1, -0.05) is 0 Å². The SMILES string of the molecule is CCOP(=O)(CP(=O)(OC[C@H]1O[C@@H]2OC(C)(C)O[C@@H]2[C@H]2OC(C)(C)O[C@H]21)OC[C@H]1O[C@@H]2OC(C)(C)O[C@@H]2[C@H]2OC(C)(C)O[C@H]21)OC[C@H]1O[C@@H](OC)[C@@H]2OC(C)(C)O[C@@H]21. The number of ether oxygens (including phenoxy) is 14. The largest absolute Gasteiger partial charge is 0.353 e. The van der Waals surface area contributed by atoms with Gasteiger partial charge in [0.05, 0.1) is 26.4 Å². The van der Waals surface area contributed by atoms with E-state index < -0.39 is 136 Å². The van der Waals surface area contributed by atoms with E-state index in [1.807, 2.05) is 0 Å². The van der Waals surface area contributed by atoms with Crippen molar-refractivity contribution < 1.29 is 93.5 Å². The highest BCUT2D eigenvalue weighted by Crippen LogP contribution is 2.65. The molecule has 8 aliphatic heterocycles. The van der Waals surface area contributed by atoms with Gasteiger partial charge in [0.15, 0.2) is 53.7 Å². The summed E-state index contributed by atoms with van der Waals surface area (Å²) in [5.41, 5.74) is 0. The van der Waals surface area contributed by atoms with Crippen LogP contribution < -0.4 is 0 Å². The van der Waals surface area contributed by atoms with E-state index >= 15 is 4.57 Å². The fraction of sp³-hybridized carbons (Fsp3) is 1.00. The molecule has 58 heavy (non-hydrogen) atoms. The Labute approximate surface area is 338 Å². The minimum Gasteiger partial charge on any atom is -0.353 e. The highest BCUT2D eigenvalue weighted by atomic mass is 31.2. The molecule has 0 aromatic rings. The summed E-state index contributed by atoms with van der Waals surface area (Å²) in [4.78, 5) is 0. The summed E-state index contributed by atoms with van der Waals surface area (Å²) >= 11 is 0. The van der Waals surface area contributed by atoms with Crippen molar-refractivity contribution >= 4 is 15.2 Å². The van der Waals surface area contributed by atoms with Gasteiger partial charge in [0.2, 0.25) is 0 Å². The maximum Gasteiger partial charge on any atom is 0.342 e. The maximum absolute atomic E-state index is 15.2. The van der Waals surface area contributed by atoms with E-state index in [4.69, 9.17) is 84.4 Å². The average molecular weight is 875 g/mol. The molecule has 15 atom stereocenters. The zero-order valence-corrected chi connectivity index (χ0v) is 37.0. The minimum absolute atomic E-state index is 0.0555. The molecule has 0 amide bonds. The Morgan fingerprint density at radius 1 is 0.431 bits per heavy atom. The Bertz CT molecular complexity index is 1530. The monoisotopic (exact) mass is 874 g/mol. The van der Waals surface area contributed by atoms with E-state index in [0.717, 1.165) is 0 Å². The number of rotatable bonds is 14. The molecule has 8 fully saturated rings. The summed E-state index contributed by atoms with van der Waals surface area (Å²) in [5, 5.41) is 0. The van der Waals surface area contributed by atoms with Crippen molar-refractivity contribution in [3.05, 3.63) is 0 Å². The highest BCUT2D eigenvalue weighted by Gasteiger charge is 2.63. The van der Waals surface area contributed by atoms with Crippen LogP contribution in [0.3, 0.4) is 0 Å². The molecule has 0 radical (unpaired) electrons. The molecular formula is C36H60O20P2. The van der Waals surface area contributed by atoms with Gasteiger partial charge < -0.3 is 84.4 Å². The second kappa shape index (κ2) is 15.5. The third-order valence-corrected chi connectivity index (χ3v) is 15.9. The molecule has 0 aromatic carbocycles. The first kappa shape index (κ1) is 44.4. The van der Waals surface area contributed by atoms with E-state index in [2.05, 4.69) is 0 Å². The fourth-order valence-electron chi connectivity index (χ4n) is 8.83. The topological polar surface area (TPSA) is 200 Å². The summed E-state index contributed by atoms with van der Waals surface area (Å²) in [6.45, 7) is 18.3. The van der Waals surface area contributed by atoms with Crippen LogP contribution >= 0.6 is 15.2 Å². The normalized spacial score (nSPS) is 45.0. The number of fused-ring (bicyclic) bond motifs is 7. The van der Waals surface area contributed by atoms with Gasteiger partial charge in [-0.2, -0.15) is 0 Å². The zero-order valence-electron chi connectivity index (χ0n) is 35.2. The van der Waals surface area contributed by atoms with Crippen molar-refractivity contribution in [2.24, 2.45) is 0 Å². The smallest absolute Gasteiger partial charge is 0.342 e. The van der Waals surface area contributed by atoms with E-state index in [1.54, 1.807) is 76.2 Å². The third-order valence-electron chi connectivity index (χ3n) is 10.8. The fourth-order valence-corrected chi connectivity index (χ4v) is 13.5. The first-order chi connectivity index (χ1) is 26.9. The van der Waals surface area contributed by atoms with Crippen molar-refractivity contribution in [1.29, 1.82) is 0 Å².